The van der Waals surface area contributed by atoms with Gasteiger partial charge in [-0.3, -0.25) is 4.79 Å². The van der Waals surface area contributed by atoms with Crippen molar-refractivity contribution in [1.29, 1.82) is 0 Å². The molecule has 0 aliphatic rings. The maximum Gasteiger partial charge on any atom is 0.287 e. The predicted octanol–water partition coefficient (Wildman–Crippen LogP) is 3.35. The Labute approximate surface area is 149 Å². The Morgan fingerprint density at radius 2 is 2.04 bits per heavy atom. The molecule has 5 nitrogen and oxygen atoms in total. The van der Waals surface area contributed by atoms with E-state index in [4.69, 9.17) is 11.6 Å². The molecule has 0 aliphatic heterocycles. The van der Waals surface area contributed by atoms with E-state index >= 15 is 0 Å². The fraction of sp³-hybridized carbons (Fsp3) is 0.235. The molecule has 3 aromatic rings. The van der Waals surface area contributed by atoms with E-state index in [0.717, 1.165) is 16.3 Å². The zero-order valence-electron chi connectivity index (χ0n) is 13.4. The van der Waals surface area contributed by atoms with Crippen molar-refractivity contribution in [2.75, 3.05) is 11.9 Å². The molecule has 0 radical (unpaired) electrons. The molecule has 0 saturated carbocycles. The van der Waals surface area contributed by atoms with Crippen molar-refractivity contribution < 1.29 is 0 Å². The highest BCUT2D eigenvalue weighted by atomic mass is 35.5. The summed E-state index contributed by atoms with van der Waals surface area (Å²) in [7, 11) is 1.88. The maximum absolute atomic E-state index is 12.5. The number of rotatable bonds is 5. The second kappa shape index (κ2) is 7.15. The minimum Gasteiger partial charge on any atom is -0.365 e. The fourth-order valence-corrected chi connectivity index (χ4v) is 3.47. The molecule has 3 rings (SSSR count). The summed E-state index contributed by atoms with van der Waals surface area (Å²) in [6.07, 6.45) is 1.63. The third-order valence-electron chi connectivity index (χ3n) is 3.59. The largest absolute Gasteiger partial charge is 0.365 e. The van der Waals surface area contributed by atoms with E-state index in [1.54, 1.807) is 17.5 Å². The zero-order valence-corrected chi connectivity index (χ0v) is 15.0. The molecule has 0 unspecified atom stereocenters. The summed E-state index contributed by atoms with van der Waals surface area (Å²) >= 11 is 7.89. The Morgan fingerprint density at radius 1 is 1.29 bits per heavy atom. The second-order valence-corrected chi connectivity index (χ2v) is 6.85. The first-order chi connectivity index (χ1) is 11.5. The molecule has 7 heteroatoms. The van der Waals surface area contributed by atoms with Gasteiger partial charge in [0, 0.05) is 18.1 Å². The number of hydrogen-bond acceptors (Lipinski definition) is 5. The quantitative estimate of drug-likeness (QED) is 0.700. The molecule has 2 heterocycles. The molecule has 1 aromatic carbocycles. The zero-order chi connectivity index (χ0) is 17.1. The van der Waals surface area contributed by atoms with Crippen molar-refractivity contribution in [3.63, 3.8) is 0 Å². The van der Waals surface area contributed by atoms with Crippen LogP contribution in [0.1, 0.15) is 16.3 Å². The summed E-state index contributed by atoms with van der Waals surface area (Å²) in [4.78, 5) is 18.8. The first-order valence-corrected chi connectivity index (χ1v) is 8.72. The minimum atomic E-state index is -0.291. The van der Waals surface area contributed by atoms with Crippen LogP contribution in [0, 0.1) is 6.92 Å². The molecule has 0 atom stereocenters. The second-order valence-electron chi connectivity index (χ2n) is 5.53. The van der Waals surface area contributed by atoms with Gasteiger partial charge in [0.05, 0.1) is 25.0 Å². The Hall–Kier alpha value is -2.18. The van der Waals surface area contributed by atoms with Gasteiger partial charge < -0.3 is 4.90 Å². The molecule has 0 amide bonds. The van der Waals surface area contributed by atoms with Crippen molar-refractivity contribution in [2.24, 2.45) is 0 Å². The molecule has 0 saturated heterocycles. The van der Waals surface area contributed by atoms with Crippen molar-refractivity contribution in [2.45, 2.75) is 20.0 Å². The standard InChI is InChI=1S/C17H17ClN4OS/c1-12-11-24-15(20-12)10-21(2)14-8-19-22(17(23)16(14)18)9-13-6-4-3-5-7-13/h3-8,11H,9-10H2,1-2H3. The lowest BCUT2D eigenvalue weighted by molar-refractivity contribution is 0.637. The van der Waals surface area contributed by atoms with Gasteiger partial charge in [0.15, 0.2) is 0 Å². The van der Waals surface area contributed by atoms with Crippen LogP contribution in [-0.2, 0) is 13.1 Å². The van der Waals surface area contributed by atoms with Crippen molar-refractivity contribution in [3.05, 3.63) is 73.6 Å². The van der Waals surface area contributed by atoms with Gasteiger partial charge in [-0.1, -0.05) is 41.9 Å². The van der Waals surface area contributed by atoms with E-state index in [1.165, 1.54) is 4.68 Å². The predicted molar refractivity (Wildman–Crippen MR) is 98.0 cm³/mol. The van der Waals surface area contributed by atoms with Crippen molar-refractivity contribution >= 4 is 28.6 Å². The number of anilines is 1. The van der Waals surface area contributed by atoms with E-state index in [-0.39, 0.29) is 10.6 Å². The van der Waals surface area contributed by atoms with Gasteiger partial charge in [-0.25, -0.2) is 9.67 Å². The first-order valence-electron chi connectivity index (χ1n) is 7.46. The number of benzene rings is 1. The van der Waals surface area contributed by atoms with E-state index in [1.807, 2.05) is 54.6 Å². The first kappa shape index (κ1) is 16.7. The molecule has 24 heavy (non-hydrogen) atoms. The van der Waals surface area contributed by atoms with Gasteiger partial charge in [0.25, 0.3) is 5.56 Å². The fourth-order valence-electron chi connectivity index (χ4n) is 2.35. The number of nitrogens with zero attached hydrogens (tertiary/aromatic N) is 4. The third kappa shape index (κ3) is 3.66. The average Bonchev–Trinajstić information content (AvgIpc) is 2.98. The number of aryl methyl sites for hydroxylation is 1. The number of hydrogen-bond donors (Lipinski definition) is 0. The van der Waals surface area contributed by atoms with Gasteiger partial charge in [0.2, 0.25) is 0 Å². The highest BCUT2D eigenvalue weighted by Gasteiger charge is 2.14. The summed E-state index contributed by atoms with van der Waals surface area (Å²) in [5.41, 5.74) is 2.31. The van der Waals surface area contributed by atoms with Gasteiger partial charge in [-0.05, 0) is 12.5 Å². The van der Waals surface area contributed by atoms with Crippen LogP contribution in [0.3, 0.4) is 0 Å². The van der Waals surface area contributed by atoms with Crippen LogP contribution in [0.15, 0.2) is 46.7 Å². The lowest BCUT2D eigenvalue weighted by atomic mass is 10.2. The lowest BCUT2D eigenvalue weighted by Gasteiger charge is -2.19. The van der Waals surface area contributed by atoms with Crippen LogP contribution in [0.4, 0.5) is 5.69 Å². The number of aromatic nitrogens is 3. The van der Waals surface area contributed by atoms with E-state index in [0.29, 0.717) is 18.8 Å². The molecule has 2 aromatic heterocycles. The van der Waals surface area contributed by atoms with Gasteiger partial charge in [-0.2, -0.15) is 5.10 Å². The topological polar surface area (TPSA) is 51.0 Å². The summed E-state index contributed by atoms with van der Waals surface area (Å²) in [5.74, 6) is 0. The molecule has 0 bridgehead atoms. The minimum absolute atomic E-state index is 0.178. The summed E-state index contributed by atoms with van der Waals surface area (Å²) in [6.45, 7) is 2.94. The van der Waals surface area contributed by atoms with Crippen LogP contribution in [0.25, 0.3) is 0 Å². The van der Waals surface area contributed by atoms with E-state index in [9.17, 15) is 4.79 Å². The smallest absolute Gasteiger partial charge is 0.287 e. The molecular formula is C17H17ClN4OS. The summed E-state index contributed by atoms with van der Waals surface area (Å²) < 4.78 is 1.38. The van der Waals surface area contributed by atoms with E-state index in [2.05, 4.69) is 10.1 Å². The van der Waals surface area contributed by atoms with Crippen LogP contribution < -0.4 is 10.5 Å². The SMILES string of the molecule is Cc1csc(CN(C)c2cnn(Cc3ccccc3)c(=O)c2Cl)n1. The van der Waals surface area contributed by atoms with Gasteiger partial charge in [0.1, 0.15) is 10.0 Å². The Bertz CT molecular complexity index is 891. The van der Waals surface area contributed by atoms with Crippen LogP contribution >= 0.6 is 22.9 Å². The molecule has 0 N–H and O–H groups in total. The Kier molecular flexibility index (Phi) is 4.97. The molecule has 0 fully saturated rings. The molecular weight excluding hydrogens is 344 g/mol. The van der Waals surface area contributed by atoms with E-state index < -0.39 is 0 Å². The van der Waals surface area contributed by atoms with Crippen LogP contribution in [0.2, 0.25) is 5.02 Å². The third-order valence-corrected chi connectivity index (χ3v) is 4.90. The van der Waals surface area contributed by atoms with Gasteiger partial charge >= 0.3 is 0 Å². The highest BCUT2D eigenvalue weighted by Crippen LogP contribution is 2.22. The average molecular weight is 361 g/mol. The normalized spacial score (nSPS) is 10.8. The summed E-state index contributed by atoms with van der Waals surface area (Å²) in [6, 6.07) is 9.70. The van der Waals surface area contributed by atoms with Crippen molar-refractivity contribution in [3.8, 4) is 0 Å². The molecule has 0 spiro atoms. The molecule has 124 valence electrons. The molecule has 0 aliphatic carbocycles. The van der Waals surface area contributed by atoms with Gasteiger partial charge in [-0.15, -0.1) is 11.3 Å². The highest BCUT2D eigenvalue weighted by molar-refractivity contribution is 7.09. The maximum atomic E-state index is 12.5. The summed E-state index contributed by atoms with van der Waals surface area (Å²) in [5, 5.41) is 7.41. The monoisotopic (exact) mass is 360 g/mol. The van der Waals surface area contributed by atoms with Crippen LogP contribution in [0.5, 0.6) is 0 Å². The Morgan fingerprint density at radius 3 is 2.71 bits per heavy atom. The number of thiazole rings is 1. The number of halogens is 1. The van der Waals surface area contributed by atoms with Crippen LogP contribution in [-0.4, -0.2) is 21.8 Å². The lowest BCUT2D eigenvalue weighted by Crippen LogP contribution is -2.27. The Balaban J connectivity index is 1.83. The van der Waals surface area contributed by atoms with Crippen molar-refractivity contribution in [1.82, 2.24) is 14.8 Å².